The van der Waals surface area contributed by atoms with Gasteiger partial charge in [-0.3, -0.25) is 9.59 Å². The molecule has 0 radical (unpaired) electrons. The van der Waals surface area contributed by atoms with Crippen LogP contribution in [0.1, 0.15) is 60.0 Å². The maximum atomic E-state index is 13.3. The number of carbonyl (C=O) groups is 2. The molecule has 1 N–H and O–H groups in total. The Kier molecular flexibility index (Phi) is 6.58. The Labute approximate surface area is 181 Å². The summed E-state index contributed by atoms with van der Waals surface area (Å²) in [5, 5.41) is 3.59. The molecule has 2 aromatic carbocycles. The molecule has 4 nitrogen and oxygen atoms in total. The van der Waals surface area contributed by atoms with Crippen molar-refractivity contribution in [1.29, 1.82) is 0 Å². The third-order valence-corrected chi connectivity index (χ3v) is 7.00. The molecule has 5 heteroatoms. The lowest BCUT2D eigenvalue weighted by Crippen LogP contribution is -2.44. The summed E-state index contributed by atoms with van der Waals surface area (Å²) in [4.78, 5) is 30.9. The van der Waals surface area contributed by atoms with Crippen LogP contribution in [-0.2, 0) is 17.6 Å². The van der Waals surface area contributed by atoms with Gasteiger partial charge in [-0.2, -0.15) is 0 Å². The number of thiazole rings is 1. The highest BCUT2D eigenvalue weighted by atomic mass is 32.1. The van der Waals surface area contributed by atoms with Crippen LogP contribution in [0, 0.1) is 5.92 Å². The predicted molar refractivity (Wildman–Crippen MR) is 122 cm³/mol. The number of unbranched alkanes of at least 4 members (excludes halogenated alkanes) is 2. The lowest BCUT2D eigenvalue weighted by molar-refractivity contribution is -0.125. The Hall–Kier alpha value is -2.53. The number of nitrogens with zero attached hydrogens (tertiary/aromatic N) is 1. The van der Waals surface area contributed by atoms with Gasteiger partial charge in [-0.1, -0.05) is 62.6 Å². The monoisotopic (exact) mass is 420 g/mol. The number of ketones is 1. The maximum absolute atomic E-state index is 13.3. The van der Waals surface area contributed by atoms with Gasteiger partial charge in [-0.25, -0.2) is 4.98 Å². The summed E-state index contributed by atoms with van der Waals surface area (Å²) in [6.07, 6.45) is 6.22. The second-order valence-electron chi connectivity index (χ2n) is 8.12. The van der Waals surface area contributed by atoms with E-state index in [1.807, 2.05) is 30.3 Å². The van der Waals surface area contributed by atoms with Crippen molar-refractivity contribution >= 4 is 33.2 Å². The molecule has 0 saturated carbocycles. The van der Waals surface area contributed by atoms with Gasteiger partial charge in [0.05, 0.1) is 16.3 Å². The zero-order chi connectivity index (χ0) is 20.9. The zero-order valence-electron chi connectivity index (χ0n) is 17.4. The number of aryl methyl sites for hydroxylation is 1. The highest BCUT2D eigenvalue weighted by Gasteiger charge is 2.29. The van der Waals surface area contributed by atoms with Crippen LogP contribution in [0.5, 0.6) is 0 Å². The number of nitrogens with one attached hydrogen (secondary N) is 1. The Morgan fingerprint density at radius 3 is 2.67 bits per heavy atom. The van der Waals surface area contributed by atoms with E-state index in [2.05, 4.69) is 35.4 Å². The highest BCUT2D eigenvalue weighted by Crippen LogP contribution is 2.27. The first kappa shape index (κ1) is 20.7. The van der Waals surface area contributed by atoms with Crippen LogP contribution in [0.3, 0.4) is 0 Å². The molecule has 1 aliphatic rings. The van der Waals surface area contributed by atoms with Gasteiger partial charge in [0.1, 0.15) is 0 Å². The van der Waals surface area contributed by atoms with E-state index in [0.717, 1.165) is 48.7 Å². The molecule has 156 valence electrons. The van der Waals surface area contributed by atoms with E-state index >= 15 is 0 Å². The van der Waals surface area contributed by atoms with Gasteiger partial charge in [-0.05, 0) is 48.9 Å². The van der Waals surface area contributed by atoms with E-state index in [1.54, 1.807) is 0 Å². The maximum Gasteiger partial charge on any atom is 0.224 e. The number of fused-ring (bicyclic) bond motifs is 2. The summed E-state index contributed by atoms with van der Waals surface area (Å²) in [5.41, 5.74) is 3.43. The lowest BCUT2D eigenvalue weighted by atomic mass is 9.83. The van der Waals surface area contributed by atoms with Gasteiger partial charge in [0.2, 0.25) is 11.7 Å². The standard InChI is InChI=1S/C25H28N2O2S/c1-2-3-4-12-21(23(28)25-27-20-11-7-8-13-22(20)30-25)26-24(29)19-15-14-17-9-5-6-10-18(17)16-19/h5-11,13,19,21H,2-4,12,14-16H2,1H3,(H,26,29)/t19?,21-/m0/s1. The average molecular weight is 421 g/mol. The van der Waals surface area contributed by atoms with E-state index in [1.165, 1.54) is 22.5 Å². The molecule has 0 bridgehead atoms. The normalized spacial score (nSPS) is 16.8. The van der Waals surface area contributed by atoms with Crippen molar-refractivity contribution in [2.24, 2.45) is 5.92 Å². The second-order valence-corrected chi connectivity index (χ2v) is 9.15. The van der Waals surface area contributed by atoms with Gasteiger partial charge in [0.25, 0.3) is 0 Å². The van der Waals surface area contributed by atoms with Gasteiger partial charge >= 0.3 is 0 Å². The molecule has 0 aliphatic heterocycles. The van der Waals surface area contributed by atoms with Crippen molar-refractivity contribution in [2.75, 3.05) is 0 Å². The molecule has 1 heterocycles. The van der Waals surface area contributed by atoms with Crippen LogP contribution in [-0.4, -0.2) is 22.7 Å². The number of amides is 1. The minimum Gasteiger partial charge on any atom is -0.346 e. The summed E-state index contributed by atoms with van der Waals surface area (Å²) in [5.74, 6) is -0.130. The molecule has 4 rings (SSSR count). The molecule has 1 aliphatic carbocycles. The fraction of sp³-hybridized carbons (Fsp3) is 0.400. The topological polar surface area (TPSA) is 59.1 Å². The summed E-state index contributed by atoms with van der Waals surface area (Å²) < 4.78 is 1.00. The number of Topliss-reactive ketones (excluding diaryl/α,β-unsaturated/α-hetero) is 1. The minimum atomic E-state index is -0.498. The molecular formula is C25H28N2O2S. The van der Waals surface area contributed by atoms with E-state index < -0.39 is 6.04 Å². The Morgan fingerprint density at radius 2 is 1.87 bits per heavy atom. The molecule has 1 aromatic heterocycles. The molecule has 1 amide bonds. The zero-order valence-corrected chi connectivity index (χ0v) is 18.2. The summed E-state index contributed by atoms with van der Waals surface area (Å²) in [6, 6.07) is 15.6. The number of benzene rings is 2. The van der Waals surface area contributed by atoms with Crippen molar-refractivity contribution in [2.45, 2.75) is 57.9 Å². The van der Waals surface area contributed by atoms with E-state index in [0.29, 0.717) is 11.4 Å². The number of carbonyl (C=O) groups excluding carboxylic acids is 2. The second kappa shape index (κ2) is 9.52. The smallest absolute Gasteiger partial charge is 0.224 e. The molecule has 1 unspecified atom stereocenters. The van der Waals surface area contributed by atoms with Crippen molar-refractivity contribution in [3.05, 3.63) is 64.7 Å². The first-order chi connectivity index (χ1) is 14.7. The number of hydrogen-bond donors (Lipinski definition) is 1. The predicted octanol–water partition coefficient (Wildman–Crippen LogP) is 5.35. The quantitative estimate of drug-likeness (QED) is 0.395. The fourth-order valence-electron chi connectivity index (χ4n) is 4.21. The van der Waals surface area contributed by atoms with Crippen LogP contribution in [0.4, 0.5) is 0 Å². The summed E-state index contributed by atoms with van der Waals surface area (Å²) in [6.45, 7) is 2.14. The Balaban J connectivity index is 1.49. The highest BCUT2D eigenvalue weighted by molar-refractivity contribution is 7.20. The number of hydrogen-bond acceptors (Lipinski definition) is 4. The number of aromatic nitrogens is 1. The van der Waals surface area contributed by atoms with Gasteiger partial charge in [0.15, 0.2) is 5.01 Å². The summed E-state index contributed by atoms with van der Waals surface area (Å²) >= 11 is 1.41. The Bertz CT molecular complexity index is 1010. The van der Waals surface area contributed by atoms with E-state index in [9.17, 15) is 9.59 Å². The van der Waals surface area contributed by atoms with Crippen molar-refractivity contribution in [1.82, 2.24) is 10.3 Å². The third-order valence-electron chi connectivity index (χ3n) is 5.95. The van der Waals surface area contributed by atoms with Crippen LogP contribution in [0.25, 0.3) is 10.2 Å². The van der Waals surface area contributed by atoms with Crippen molar-refractivity contribution in [3.63, 3.8) is 0 Å². The molecule has 0 spiro atoms. The van der Waals surface area contributed by atoms with Gasteiger partial charge in [-0.15, -0.1) is 11.3 Å². The Morgan fingerprint density at radius 1 is 1.10 bits per heavy atom. The van der Waals surface area contributed by atoms with Gasteiger partial charge in [0, 0.05) is 5.92 Å². The fourth-order valence-corrected chi connectivity index (χ4v) is 5.17. The summed E-state index contributed by atoms with van der Waals surface area (Å²) in [7, 11) is 0. The molecule has 0 saturated heterocycles. The SMILES string of the molecule is CCCCC[C@H](NC(=O)C1CCc2ccccc2C1)C(=O)c1nc2ccccc2s1. The first-order valence-corrected chi connectivity index (χ1v) is 11.7. The molecule has 0 fully saturated rings. The molecule has 2 atom stereocenters. The lowest BCUT2D eigenvalue weighted by Gasteiger charge is -2.26. The molecule has 3 aromatic rings. The number of para-hydroxylation sites is 1. The minimum absolute atomic E-state index is 0.000428. The number of rotatable bonds is 8. The van der Waals surface area contributed by atoms with Crippen molar-refractivity contribution in [3.8, 4) is 0 Å². The third kappa shape index (κ3) is 4.62. The average Bonchev–Trinajstić information content (AvgIpc) is 3.22. The van der Waals surface area contributed by atoms with Gasteiger partial charge < -0.3 is 5.32 Å². The van der Waals surface area contributed by atoms with Crippen LogP contribution >= 0.6 is 11.3 Å². The van der Waals surface area contributed by atoms with Crippen LogP contribution in [0.2, 0.25) is 0 Å². The van der Waals surface area contributed by atoms with Crippen LogP contribution < -0.4 is 5.32 Å². The molecule has 30 heavy (non-hydrogen) atoms. The molecular weight excluding hydrogens is 392 g/mol. The van der Waals surface area contributed by atoms with E-state index in [4.69, 9.17) is 0 Å². The van der Waals surface area contributed by atoms with Crippen LogP contribution in [0.15, 0.2) is 48.5 Å². The first-order valence-electron chi connectivity index (χ1n) is 10.9. The van der Waals surface area contributed by atoms with E-state index in [-0.39, 0.29) is 17.6 Å². The largest absolute Gasteiger partial charge is 0.346 e. The van der Waals surface area contributed by atoms with Crippen molar-refractivity contribution < 1.29 is 9.59 Å².